The highest BCUT2D eigenvalue weighted by atomic mass is 35.5. The number of carbonyl (C=O) groups is 1. The summed E-state index contributed by atoms with van der Waals surface area (Å²) in [5.74, 6) is -1.86. The minimum Gasteiger partial charge on any atom is -0.369 e. The number of sulfonamides is 1. The summed E-state index contributed by atoms with van der Waals surface area (Å²) in [6, 6.07) is 2.00. The number of primary amides is 1. The summed E-state index contributed by atoms with van der Waals surface area (Å²) in [4.78, 5) is 25.3. The maximum Gasteiger partial charge on any atom is 0.224 e. The first-order valence-corrected chi connectivity index (χ1v) is 14.9. The third-order valence-electron chi connectivity index (χ3n) is 7.43. The molecule has 3 aromatic rings. The van der Waals surface area contributed by atoms with Crippen LogP contribution in [0.1, 0.15) is 44.6 Å². The zero-order valence-corrected chi connectivity index (χ0v) is 22.8. The van der Waals surface area contributed by atoms with Gasteiger partial charge < -0.3 is 16.4 Å². The Morgan fingerprint density at radius 2 is 1.79 bits per heavy atom. The Bertz CT molecular complexity index is 1500. The van der Waals surface area contributed by atoms with Crippen LogP contribution in [0.25, 0.3) is 11.2 Å². The van der Waals surface area contributed by atoms with Crippen LogP contribution < -0.4 is 16.4 Å². The lowest BCUT2D eigenvalue weighted by molar-refractivity contribution is -0.122. The van der Waals surface area contributed by atoms with Gasteiger partial charge in [0.25, 0.3) is 0 Å². The van der Waals surface area contributed by atoms with Crippen LogP contribution >= 0.6 is 11.6 Å². The van der Waals surface area contributed by atoms with Gasteiger partial charge in [-0.05, 0) is 50.7 Å². The van der Waals surface area contributed by atoms with E-state index in [9.17, 15) is 22.0 Å². The Balaban J connectivity index is 1.47. The van der Waals surface area contributed by atoms with E-state index in [-0.39, 0.29) is 34.9 Å². The van der Waals surface area contributed by atoms with Crippen LogP contribution in [0.3, 0.4) is 0 Å². The number of benzene rings is 1. The van der Waals surface area contributed by atoms with E-state index >= 15 is 0 Å². The van der Waals surface area contributed by atoms with Gasteiger partial charge in [-0.3, -0.25) is 9.36 Å². The largest absolute Gasteiger partial charge is 0.369 e. The maximum atomic E-state index is 14.7. The minimum atomic E-state index is -3.25. The molecule has 1 aliphatic carbocycles. The summed E-state index contributed by atoms with van der Waals surface area (Å²) >= 11 is 5.89. The first-order valence-electron chi connectivity index (χ1n) is 12.7. The molecular weight excluding hydrogens is 554 g/mol. The number of amides is 1. The van der Waals surface area contributed by atoms with Crippen molar-refractivity contribution in [2.24, 2.45) is 11.7 Å². The van der Waals surface area contributed by atoms with Crippen LogP contribution in [0.2, 0.25) is 5.02 Å². The van der Waals surface area contributed by atoms with Crippen molar-refractivity contribution in [1.29, 1.82) is 0 Å². The van der Waals surface area contributed by atoms with Gasteiger partial charge in [-0.15, -0.1) is 0 Å². The second-order valence-electron chi connectivity index (χ2n) is 10.0. The van der Waals surface area contributed by atoms with E-state index in [4.69, 9.17) is 22.3 Å². The molecule has 0 spiro atoms. The number of hydrogen-bond acceptors (Lipinski definition) is 8. The molecule has 210 valence electrons. The van der Waals surface area contributed by atoms with Crippen molar-refractivity contribution in [3.63, 3.8) is 0 Å². The monoisotopic (exact) mass is 582 g/mol. The summed E-state index contributed by atoms with van der Waals surface area (Å²) in [6.07, 6.45) is 6.20. The number of anilines is 3. The van der Waals surface area contributed by atoms with Crippen LogP contribution in [-0.4, -0.2) is 63.5 Å². The quantitative estimate of drug-likeness (QED) is 0.358. The first kappa shape index (κ1) is 27.5. The standard InChI is InChI=1S/C24H29ClF2N8O3S/c1-39(37,38)34-10-8-14(9-11-34)30-23-29-12-18-22(33-23)35(15-4-2-13(3-5-15)21(28)36)24(31-18)32-20-17(26)7-6-16(25)19(20)27/h6-7,12-15H,2-5,8-11H2,1H3,(H2,28,36)(H,31,32)(H,29,30,33). The van der Waals surface area contributed by atoms with E-state index in [1.54, 1.807) is 4.57 Å². The lowest BCUT2D eigenvalue weighted by Crippen LogP contribution is -2.42. The first-order chi connectivity index (χ1) is 18.5. The second-order valence-corrected chi connectivity index (χ2v) is 12.4. The van der Waals surface area contributed by atoms with Gasteiger partial charge in [0, 0.05) is 31.1 Å². The number of imidazole rings is 1. The number of halogens is 3. The molecule has 15 heteroatoms. The highest BCUT2D eigenvalue weighted by Crippen LogP contribution is 2.38. The summed E-state index contributed by atoms with van der Waals surface area (Å²) < 4.78 is 56.2. The zero-order valence-electron chi connectivity index (χ0n) is 21.2. The van der Waals surface area contributed by atoms with Crippen molar-refractivity contribution in [3.8, 4) is 0 Å². The van der Waals surface area contributed by atoms with Crippen LogP contribution in [-0.2, 0) is 14.8 Å². The summed E-state index contributed by atoms with van der Waals surface area (Å²) in [5, 5.41) is 5.80. The molecule has 39 heavy (non-hydrogen) atoms. The molecule has 11 nitrogen and oxygen atoms in total. The summed E-state index contributed by atoms with van der Waals surface area (Å²) in [7, 11) is -3.25. The Kier molecular flexibility index (Phi) is 7.62. The molecule has 0 bridgehead atoms. The predicted octanol–water partition coefficient (Wildman–Crippen LogP) is 3.55. The van der Waals surface area contributed by atoms with Gasteiger partial charge in [0.2, 0.25) is 27.8 Å². The average Bonchev–Trinajstić information content (AvgIpc) is 3.26. The van der Waals surface area contributed by atoms with E-state index in [0.717, 1.165) is 12.1 Å². The van der Waals surface area contributed by atoms with Crippen molar-refractivity contribution >= 4 is 56.3 Å². The van der Waals surface area contributed by atoms with Crippen molar-refractivity contribution < 1.29 is 22.0 Å². The van der Waals surface area contributed by atoms with Gasteiger partial charge in [0.05, 0.1) is 17.5 Å². The second kappa shape index (κ2) is 10.8. The van der Waals surface area contributed by atoms with Crippen molar-refractivity contribution in [2.75, 3.05) is 30.0 Å². The van der Waals surface area contributed by atoms with Gasteiger partial charge in [-0.1, -0.05) is 11.6 Å². The summed E-state index contributed by atoms with van der Waals surface area (Å²) in [5.41, 5.74) is 5.94. The van der Waals surface area contributed by atoms with Gasteiger partial charge in [-0.25, -0.2) is 31.5 Å². The number of piperidine rings is 1. The normalized spacial score (nSPS) is 21.2. The molecule has 0 radical (unpaired) electrons. The molecule has 2 aromatic heterocycles. The molecular formula is C24H29ClF2N8O3S. The molecule has 1 amide bonds. The lowest BCUT2D eigenvalue weighted by atomic mass is 9.85. The van der Waals surface area contributed by atoms with Gasteiger partial charge in [0.1, 0.15) is 17.0 Å². The molecule has 2 fully saturated rings. The molecule has 4 N–H and O–H groups in total. The molecule has 3 heterocycles. The SMILES string of the molecule is CS(=O)(=O)N1CCC(Nc2ncc3nc(Nc4c(F)ccc(Cl)c4F)n(C4CCC(C(N)=O)CC4)c3n2)CC1. The molecule has 2 aliphatic rings. The van der Waals surface area contributed by atoms with Crippen LogP contribution in [0.4, 0.5) is 26.4 Å². The topological polar surface area (TPSA) is 148 Å². The fraction of sp³-hybridized carbons (Fsp3) is 0.500. The predicted molar refractivity (Wildman–Crippen MR) is 143 cm³/mol. The number of nitrogens with zero attached hydrogens (tertiary/aromatic N) is 5. The number of carbonyl (C=O) groups excluding carboxylic acids is 1. The Hall–Kier alpha value is -3.10. The van der Waals surface area contributed by atoms with E-state index in [0.29, 0.717) is 68.7 Å². The molecule has 0 atom stereocenters. The van der Waals surface area contributed by atoms with Crippen molar-refractivity contribution in [3.05, 3.63) is 35.0 Å². The maximum absolute atomic E-state index is 14.7. The van der Waals surface area contributed by atoms with Gasteiger partial charge >= 0.3 is 0 Å². The van der Waals surface area contributed by atoms with Crippen LogP contribution in [0.5, 0.6) is 0 Å². The molecule has 1 saturated heterocycles. The number of fused-ring (bicyclic) bond motifs is 1. The third-order valence-corrected chi connectivity index (χ3v) is 9.03. The fourth-order valence-electron chi connectivity index (χ4n) is 5.28. The molecule has 1 saturated carbocycles. The summed E-state index contributed by atoms with van der Waals surface area (Å²) in [6.45, 7) is 0.787. The Labute approximate surface area is 229 Å². The van der Waals surface area contributed by atoms with Crippen molar-refractivity contribution in [2.45, 2.75) is 50.6 Å². The highest BCUT2D eigenvalue weighted by Gasteiger charge is 2.30. The van der Waals surface area contributed by atoms with E-state index < -0.39 is 27.3 Å². The molecule has 1 aliphatic heterocycles. The molecule has 1 aromatic carbocycles. The van der Waals surface area contributed by atoms with E-state index in [1.165, 1.54) is 16.8 Å². The number of rotatable bonds is 7. The number of hydrogen-bond donors (Lipinski definition) is 3. The zero-order chi connectivity index (χ0) is 27.9. The van der Waals surface area contributed by atoms with Gasteiger partial charge in [-0.2, -0.15) is 4.98 Å². The smallest absolute Gasteiger partial charge is 0.224 e. The van der Waals surface area contributed by atoms with E-state index in [1.807, 2.05) is 0 Å². The number of nitrogens with one attached hydrogen (secondary N) is 2. The van der Waals surface area contributed by atoms with E-state index in [2.05, 4.69) is 20.6 Å². The Morgan fingerprint density at radius 1 is 1.10 bits per heavy atom. The highest BCUT2D eigenvalue weighted by molar-refractivity contribution is 7.88. The lowest BCUT2D eigenvalue weighted by Gasteiger charge is -2.30. The third kappa shape index (κ3) is 5.77. The van der Waals surface area contributed by atoms with Crippen molar-refractivity contribution in [1.82, 2.24) is 23.8 Å². The minimum absolute atomic E-state index is 0.0323. The van der Waals surface area contributed by atoms with Gasteiger partial charge in [0.15, 0.2) is 11.5 Å². The number of aromatic nitrogens is 4. The average molecular weight is 583 g/mol. The fourth-order valence-corrected chi connectivity index (χ4v) is 6.31. The number of nitrogens with two attached hydrogens (primary N) is 1. The molecule has 0 unspecified atom stereocenters. The van der Waals surface area contributed by atoms with Crippen LogP contribution in [0.15, 0.2) is 18.3 Å². The Morgan fingerprint density at radius 3 is 2.44 bits per heavy atom. The van der Waals surface area contributed by atoms with Crippen LogP contribution in [0, 0.1) is 17.6 Å². The molecule has 5 rings (SSSR count).